The van der Waals surface area contributed by atoms with Gasteiger partial charge < -0.3 is 14.8 Å². The number of Topliss-reactive ketones (excluding diaryl/α,β-unsaturated/α-hetero) is 1. The first-order valence-electron chi connectivity index (χ1n) is 11.0. The lowest BCUT2D eigenvalue weighted by Crippen LogP contribution is -2.39. The Morgan fingerprint density at radius 3 is 2.14 bits per heavy atom. The van der Waals surface area contributed by atoms with Gasteiger partial charge in [-0.25, -0.2) is 0 Å². The molecule has 6 heteroatoms. The van der Waals surface area contributed by atoms with E-state index in [0.29, 0.717) is 39.0 Å². The summed E-state index contributed by atoms with van der Waals surface area (Å²) < 4.78 is 10.1. The van der Waals surface area contributed by atoms with Gasteiger partial charge in [0.1, 0.15) is 11.8 Å². The number of carbonyl (C=O) groups is 3. The van der Waals surface area contributed by atoms with E-state index in [1.54, 1.807) is 13.8 Å². The van der Waals surface area contributed by atoms with Crippen LogP contribution in [-0.4, -0.2) is 43.5 Å². The van der Waals surface area contributed by atoms with Gasteiger partial charge in [0.05, 0.1) is 13.2 Å². The van der Waals surface area contributed by atoms with Crippen LogP contribution in [0.15, 0.2) is 0 Å². The van der Waals surface area contributed by atoms with Crippen molar-refractivity contribution in [3.63, 3.8) is 0 Å². The third-order valence-corrected chi connectivity index (χ3v) is 4.80. The number of ether oxygens (including phenoxy) is 2. The Balaban J connectivity index is 4.14. The molecule has 0 aliphatic heterocycles. The summed E-state index contributed by atoms with van der Waals surface area (Å²) in [5, 5.41) is 3.20. The number of nitrogens with one attached hydrogen (secondary N) is 1. The Morgan fingerprint density at radius 1 is 0.821 bits per heavy atom. The zero-order valence-electron chi connectivity index (χ0n) is 18.4. The lowest BCUT2D eigenvalue weighted by molar-refractivity contribution is -0.146. The van der Waals surface area contributed by atoms with Crippen molar-refractivity contribution in [2.45, 2.75) is 97.9 Å². The van der Waals surface area contributed by atoms with Crippen LogP contribution in [0, 0.1) is 5.92 Å². The molecule has 0 spiro atoms. The predicted octanol–water partition coefficient (Wildman–Crippen LogP) is 4.20. The van der Waals surface area contributed by atoms with Crippen LogP contribution >= 0.6 is 0 Å². The van der Waals surface area contributed by atoms with Crippen molar-refractivity contribution in [3.05, 3.63) is 0 Å². The van der Waals surface area contributed by atoms with Crippen LogP contribution in [0.2, 0.25) is 0 Å². The molecular weight excluding hydrogens is 358 g/mol. The second kappa shape index (κ2) is 17.7. The van der Waals surface area contributed by atoms with Gasteiger partial charge in [-0.15, -0.1) is 0 Å². The smallest absolute Gasteiger partial charge is 0.323 e. The molecule has 0 saturated carbocycles. The first kappa shape index (κ1) is 26.6. The maximum atomic E-state index is 12.2. The minimum atomic E-state index is -0.372. The van der Waals surface area contributed by atoms with Crippen molar-refractivity contribution in [1.29, 1.82) is 0 Å². The molecule has 0 radical (unpaired) electrons. The summed E-state index contributed by atoms with van der Waals surface area (Å²) in [6, 6.07) is -0.372. The normalized spacial score (nSPS) is 13.0. The molecule has 0 rings (SSSR count). The summed E-state index contributed by atoms with van der Waals surface area (Å²) in [4.78, 5) is 35.6. The van der Waals surface area contributed by atoms with E-state index in [2.05, 4.69) is 12.2 Å². The van der Waals surface area contributed by atoms with Crippen LogP contribution in [0.1, 0.15) is 91.9 Å². The fourth-order valence-corrected chi connectivity index (χ4v) is 3.04. The van der Waals surface area contributed by atoms with E-state index in [0.717, 1.165) is 44.9 Å². The topological polar surface area (TPSA) is 81.7 Å². The lowest BCUT2D eigenvalue weighted by atomic mass is 9.97. The summed E-state index contributed by atoms with van der Waals surface area (Å²) in [7, 11) is 0. The minimum Gasteiger partial charge on any atom is -0.466 e. The molecule has 2 unspecified atom stereocenters. The molecule has 0 fully saturated rings. The zero-order valence-corrected chi connectivity index (χ0v) is 18.4. The summed E-state index contributed by atoms with van der Waals surface area (Å²) in [6.07, 6.45) is 8.24. The molecule has 164 valence electrons. The average molecular weight is 400 g/mol. The number of rotatable bonds is 18. The van der Waals surface area contributed by atoms with E-state index in [1.807, 2.05) is 6.92 Å². The summed E-state index contributed by atoms with van der Waals surface area (Å²) in [6.45, 7) is 8.98. The fourth-order valence-electron chi connectivity index (χ4n) is 3.04. The quantitative estimate of drug-likeness (QED) is 0.275. The second-order valence-electron chi connectivity index (χ2n) is 7.28. The molecule has 6 nitrogen and oxygen atoms in total. The number of unbranched alkanes of at least 4 members (excludes halogenated alkanes) is 4. The monoisotopic (exact) mass is 399 g/mol. The molecule has 0 aromatic heterocycles. The lowest BCUT2D eigenvalue weighted by Gasteiger charge is -2.18. The Labute approximate surface area is 171 Å². The number of esters is 2. The number of hydrogen-bond acceptors (Lipinski definition) is 6. The van der Waals surface area contributed by atoms with E-state index in [1.165, 1.54) is 0 Å². The number of carbonyl (C=O) groups excluding carboxylic acids is 3. The van der Waals surface area contributed by atoms with Crippen LogP contribution in [-0.2, 0) is 23.9 Å². The highest BCUT2D eigenvalue weighted by Crippen LogP contribution is 2.12. The third kappa shape index (κ3) is 13.7. The van der Waals surface area contributed by atoms with Crippen molar-refractivity contribution in [2.24, 2.45) is 5.92 Å². The van der Waals surface area contributed by atoms with Crippen LogP contribution < -0.4 is 5.32 Å². The van der Waals surface area contributed by atoms with Gasteiger partial charge in [-0.3, -0.25) is 14.4 Å². The minimum absolute atomic E-state index is 0.0854. The molecule has 0 amide bonds. The third-order valence-electron chi connectivity index (χ3n) is 4.80. The van der Waals surface area contributed by atoms with Crippen LogP contribution in [0.5, 0.6) is 0 Å². The van der Waals surface area contributed by atoms with Crippen molar-refractivity contribution < 1.29 is 23.9 Å². The number of hydrogen-bond donors (Lipinski definition) is 1. The Morgan fingerprint density at radius 2 is 1.50 bits per heavy atom. The highest BCUT2D eigenvalue weighted by molar-refractivity contribution is 5.81. The van der Waals surface area contributed by atoms with Crippen molar-refractivity contribution in [1.82, 2.24) is 5.32 Å². The summed E-state index contributed by atoms with van der Waals surface area (Å²) in [5.74, 6) is -0.0587. The predicted molar refractivity (Wildman–Crippen MR) is 111 cm³/mol. The maximum Gasteiger partial charge on any atom is 0.323 e. The van der Waals surface area contributed by atoms with Gasteiger partial charge in [0.15, 0.2) is 0 Å². The van der Waals surface area contributed by atoms with E-state index in [-0.39, 0.29) is 29.7 Å². The van der Waals surface area contributed by atoms with Crippen molar-refractivity contribution in [2.75, 3.05) is 19.8 Å². The molecule has 0 saturated heterocycles. The van der Waals surface area contributed by atoms with Crippen molar-refractivity contribution >= 4 is 17.7 Å². The molecule has 0 heterocycles. The fraction of sp³-hybridized carbons (Fsp3) is 0.864. The molecule has 28 heavy (non-hydrogen) atoms. The molecule has 0 aliphatic carbocycles. The van der Waals surface area contributed by atoms with E-state index >= 15 is 0 Å². The zero-order chi connectivity index (χ0) is 21.2. The van der Waals surface area contributed by atoms with Crippen LogP contribution in [0.4, 0.5) is 0 Å². The maximum absolute atomic E-state index is 12.2. The van der Waals surface area contributed by atoms with Gasteiger partial charge in [-0.05, 0) is 33.1 Å². The molecule has 0 aliphatic rings. The van der Waals surface area contributed by atoms with Crippen LogP contribution in [0.25, 0.3) is 0 Å². The van der Waals surface area contributed by atoms with Crippen molar-refractivity contribution in [3.8, 4) is 0 Å². The summed E-state index contributed by atoms with van der Waals surface area (Å²) >= 11 is 0. The first-order chi connectivity index (χ1) is 13.5. The molecule has 1 N–H and O–H groups in total. The Kier molecular flexibility index (Phi) is 16.8. The van der Waals surface area contributed by atoms with Gasteiger partial charge in [0, 0.05) is 25.3 Å². The average Bonchev–Trinajstić information content (AvgIpc) is 2.67. The van der Waals surface area contributed by atoms with Gasteiger partial charge in [-0.1, -0.05) is 46.0 Å². The molecular formula is C22H41NO5. The molecule has 0 aromatic rings. The molecule has 0 bridgehead atoms. The van der Waals surface area contributed by atoms with E-state index < -0.39 is 0 Å². The number of ketones is 1. The molecule has 0 aromatic carbocycles. The first-order valence-corrected chi connectivity index (χ1v) is 11.0. The highest BCUT2D eigenvalue weighted by Gasteiger charge is 2.20. The van der Waals surface area contributed by atoms with Gasteiger partial charge in [-0.2, -0.15) is 0 Å². The second-order valence-corrected chi connectivity index (χ2v) is 7.28. The SMILES string of the molecule is CCCCC(C)C(=O)CCNC(CCCCCCC(=O)OCC)C(=O)OCC. The van der Waals surface area contributed by atoms with Gasteiger partial charge >= 0.3 is 11.9 Å². The van der Waals surface area contributed by atoms with E-state index in [9.17, 15) is 14.4 Å². The van der Waals surface area contributed by atoms with Gasteiger partial charge in [0.25, 0.3) is 0 Å². The molecule has 2 atom stereocenters. The standard InChI is InChI=1S/C22H41NO5/c1-5-8-13-18(4)20(24)16-17-23-19(22(26)28-7-3)14-11-9-10-12-15-21(25)27-6-2/h18-19,23H,5-17H2,1-4H3. The van der Waals surface area contributed by atoms with E-state index in [4.69, 9.17) is 9.47 Å². The highest BCUT2D eigenvalue weighted by atomic mass is 16.5. The summed E-state index contributed by atoms with van der Waals surface area (Å²) in [5.41, 5.74) is 0. The van der Waals surface area contributed by atoms with Crippen LogP contribution in [0.3, 0.4) is 0 Å². The largest absolute Gasteiger partial charge is 0.466 e. The van der Waals surface area contributed by atoms with Gasteiger partial charge in [0.2, 0.25) is 0 Å². The Hall–Kier alpha value is -1.43. The Bertz CT molecular complexity index is 439.